The topological polar surface area (TPSA) is 26.0 Å². The quantitative estimate of drug-likeness (QED) is 0.673. The van der Waals surface area contributed by atoms with Gasteiger partial charge >= 0.3 is 0 Å². The largest absolute Gasteiger partial charge is 0.328 e. The van der Waals surface area contributed by atoms with Crippen LogP contribution < -0.4 is 5.73 Å². The molecule has 0 radical (unpaired) electrons. The van der Waals surface area contributed by atoms with Crippen LogP contribution in [-0.4, -0.2) is 6.04 Å². The van der Waals surface area contributed by atoms with E-state index in [1.165, 1.54) is 25.7 Å². The highest BCUT2D eigenvalue weighted by molar-refractivity contribution is 4.86. The molecule has 1 saturated carbocycles. The average Bonchev–Trinajstić information content (AvgIpc) is 2.54. The molecule has 1 rings (SSSR count). The first-order valence-corrected chi connectivity index (χ1v) is 5.60. The molecule has 0 amide bonds. The summed E-state index contributed by atoms with van der Waals surface area (Å²) in [7, 11) is 0. The Balaban J connectivity index is 0.000000500. The van der Waals surface area contributed by atoms with E-state index in [1.807, 2.05) is 0 Å². The van der Waals surface area contributed by atoms with E-state index >= 15 is 0 Å². The van der Waals surface area contributed by atoms with Crippen molar-refractivity contribution in [2.75, 3.05) is 0 Å². The van der Waals surface area contributed by atoms with Crippen LogP contribution in [0.3, 0.4) is 0 Å². The fraction of sp³-hybridized carbons (Fsp3) is 0.846. The Morgan fingerprint density at radius 3 is 2.21 bits per heavy atom. The molecule has 0 aromatic heterocycles. The summed E-state index contributed by atoms with van der Waals surface area (Å²) in [5, 5.41) is 0. The maximum absolute atomic E-state index is 5.88. The zero-order valence-electron chi connectivity index (χ0n) is 10.1. The Morgan fingerprint density at radius 2 is 1.93 bits per heavy atom. The van der Waals surface area contributed by atoms with E-state index in [9.17, 15) is 0 Å². The van der Waals surface area contributed by atoms with Crippen molar-refractivity contribution in [2.45, 2.75) is 59.4 Å². The van der Waals surface area contributed by atoms with Crippen LogP contribution in [0.5, 0.6) is 0 Å². The lowest BCUT2D eigenvalue weighted by atomic mass is 9.76. The van der Waals surface area contributed by atoms with Gasteiger partial charge in [-0.3, -0.25) is 0 Å². The van der Waals surface area contributed by atoms with Crippen molar-refractivity contribution in [1.29, 1.82) is 0 Å². The molecule has 0 bridgehead atoms. The maximum atomic E-state index is 5.88. The lowest BCUT2D eigenvalue weighted by molar-refractivity contribution is 0.206. The third-order valence-corrected chi connectivity index (χ3v) is 3.49. The zero-order valence-corrected chi connectivity index (χ0v) is 10.1. The Hall–Kier alpha value is -0.480. The Bertz CT molecular complexity index is 188. The number of nitrogens with two attached hydrogens (primary N) is 1. The second kappa shape index (κ2) is 6.09. The number of rotatable bonds is 2. The lowest BCUT2D eigenvalue weighted by Gasteiger charge is -2.30. The van der Waals surface area contributed by atoms with Crippen LogP contribution in [0.1, 0.15) is 53.4 Å². The standard InChI is InChI=1S/C10H21N.C3H4/c1-4-10(2,3)8-5-6-9(11)7-8;1-3-2/h8-9H,4-7,11H2,1-3H3;1H,2H3. The van der Waals surface area contributed by atoms with Crippen molar-refractivity contribution >= 4 is 0 Å². The second-order valence-corrected chi connectivity index (χ2v) is 4.90. The summed E-state index contributed by atoms with van der Waals surface area (Å²) in [5.41, 5.74) is 6.40. The van der Waals surface area contributed by atoms with E-state index in [0.29, 0.717) is 11.5 Å². The fourth-order valence-corrected chi connectivity index (χ4v) is 2.01. The highest BCUT2D eigenvalue weighted by Gasteiger charge is 2.33. The third-order valence-electron chi connectivity index (χ3n) is 3.49. The molecule has 2 N–H and O–H groups in total. The van der Waals surface area contributed by atoms with Crippen LogP contribution in [0.15, 0.2) is 0 Å². The molecule has 1 fully saturated rings. The normalized spacial score (nSPS) is 26.3. The molecule has 1 aliphatic rings. The predicted octanol–water partition coefficient (Wildman–Crippen LogP) is 3.19. The average molecular weight is 195 g/mol. The summed E-state index contributed by atoms with van der Waals surface area (Å²) in [6.45, 7) is 8.68. The molecule has 0 heterocycles. The van der Waals surface area contributed by atoms with E-state index in [0.717, 1.165) is 5.92 Å². The summed E-state index contributed by atoms with van der Waals surface area (Å²) >= 11 is 0. The number of terminal acetylenes is 1. The maximum Gasteiger partial charge on any atom is 0.00417 e. The third kappa shape index (κ3) is 4.15. The van der Waals surface area contributed by atoms with Crippen molar-refractivity contribution in [3.8, 4) is 12.3 Å². The molecular weight excluding hydrogens is 170 g/mol. The van der Waals surface area contributed by atoms with Gasteiger partial charge in [0.1, 0.15) is 0 Å². The van der Waals surface area contributed by atoms with Crippen molar-refractivity contribution in [3.63, 3.8) is 0 Å². The second-order valence-electron chi connectivity index (χ2n) is 4.90. The first kappa shape index (κ1) is 13.5. The molecule has 82 valence electrons. The van der Waals surface area contributed by atoms with Gasteiger partial charge in [0.25, 0.3) is 0 Å². The molecule has 0 aromatic carbocycles. The van der Waals surface area contributed by atoms with Gasteiger partial charge in [0.15, 0.2) is 0 Å². The summed E-state index contributed by atoms with van der Waals surface area (Å²) in [6, 6.07) is 0.492. The SMILES string of the molecule is C#CC.CCC(C)(C)C1CCC(N)C1. The van der Waals surface area contributed by atoms with Crippen LogP contribution in [-0.2, 0) is 0 Å². The summed E-state index contributed by atoms with van der Waals surface area (Å²) < 4.78 is 0. The molecule has 1 heteroatoms. The van der Waals surface area contributed by atoms with Crippen LogP contribution in [0.4, 0.5) is 0 Å². The molecular formula is C13H25N. The summed E-state index contributed by atoms with van der Waals surface area (Å²) in [5.74, 6) is 3.13. The molecule has 0 aromatic rings. The van der Waals surface area contributed by atoms with Gasteiger partial charge in [0, 0.05) is 6.04 Å². The summed E-state index contributed by atoms with van der Waals surface area (Å²) in [6.07, 6.45) is 9.72. The van der Waals surface area contributed by atoms with Gasteiger partial charge in [0.2, 0.25) is 0 Å². The fourth-order valence-electron chi connectivity index (χ4n) is 2.01. The van der Waals surface area contributed by atoms with E-state index < -0.39 is 0 Å². The highest BCUT2D eigenvalue weighted by Crippen LogP contribution is 2.40. The van der Waals surface area contributed by atoms with E-state index in [2.05, 4.69) is 33.1 Å². The molecule has 14 heavy (non-hydrogen) atoms. The van der Waals surface area contributed by atoms with Crippen LogP contribution in [0.2, 0.25) is 0 Å². The van der Waals surface area contributed by atoms with Crippen LogP contribution >= 0.6 is 0 Å². The lowest BCUT2D eigenvalue weighted by Crippen LogP contribution is -2.23. The van der Waals surface area contributed by atoms with Gasteiger partial charge in [0.05, 0.1) is 0 Å². The molecule has 0 aliphatic heterocycles. The van der Waals surface area contributed by atoms with Crippen LogP contribution in [0, 0.1) is 23.7 Å². The molecule has 0 spiro atoms. The van der Waals surface area contributed by atoms with Crippen molar-refractivity contribution in [1.82, 2.24) is 0 Å². The highest BCUT2D eigenvalue weighted by atomic mass is 14.7. The minimum Gasteiger partial charge on any atom is -0.328 e. The number of hydrogen-bond acceptors (Lipinski definition) is 1. The molecule has 0 saturated heterocycles. The van der Waals surface area contributed by atoms with Gasteiger partial charge < -0.3 is 5.73 Å². The molecule has 2 atom stereocenters. The molecule has 1 aliphatic carbocycles. The van der Waals surface area contributed by atoms with Gasteiger partial charge in [-0.05, 0) is 37.5 Å². The first-order chi connectivity index (χ1) is 6.47. The van der Waals surface area contributed by atoms with Gasteiger partial charge in [-0.15, -0.1) is 12.3 Å². The smallest absolute Gasteiger partial charge is 0.00417 e. The molecule has 2 unspecified atom stereocenters. The van der Waals surface area contributed by atoms with Gasteiger partial charge in [-0.25, -0.2) is 0 Å². The Morgan fingerprint density at radius 1 is 1.43 bits per heavy atom. The Labute approximate surface area is 89.5 Å². The minimum absolute atomic E-state index is 0.492. The predicted molar refractivity (Wildman–Crippen MR) is 63.9 cm³/mol. The van der Waals surface area contributed by atoms with Gasteiger partial charge in [-0.2, -0.15) is 0 Å². The summed E-state index contributed by atoms with van der Waals surface area (Å²) in [4.78, 5) is 0. The van der Waals surface area contributed by atoms with Gasteiger partial charge in [-0.1, -0.05) is 27.2 Å². The van der Waals surface area contributed by atoms with Crippen LogP contribution in [0.25, 0.3) is 0 Å². The van der Waals surface area contributed by atoms with Crippen molar-refractivity contribution in [2.24, 2.45) is 17.1 Å². The Kier molecular flexibility index (Phi) is 5.88. The van der Waals surface area contributed by atoms with E-state index in [1.54, 1.807) is 6.92 Å². The zero-order chi connectivity index (χ0) is 11.2. The number of hydrogen-bond donors (Lipinski definition) is 1. The van der Waals surface area contributed by atoms with Crippen molar-refractivity contribution < 1.29 is 0 Å². The molecule has 1 nitrogen and oxygen atoms in total. The minimum atomic E-state index is 0.492. The van der Waals surface area contributed by atoms with E-state index in [4.69, 9.17) is 5.73 Å². The first-order valence-electron chi connectivity index (χ1n) is 5.60. The monoisotopic (exact) mass is 195 g/mol. The van der Waals surface area contributed by atoms with Crippen molar-refractivity contribution in [3.05, 3.63) is 0 Å². The van der Waals surface area contributed by atoms with E-state index in [-0.39, 0.29) is 0 Å².